The fraction of sp³-hybridized carbons (Fsp3) is 0.300. The molecule has 0 saturated heterocycles. The number of alkyl halides is 3. The number of halogens is 3. The molecule has 0 unspecified atom stereocenters. The number of aromatic nitrogens is 1. The van der Waals surface area contributed by atoms with Crippen molar-refractivity contribution in [1.29, 1.82) is 0 Å². The number of aryl methyl sites for hydroxylation is 1. The van der Waals surface area contributed by atoms with Gasteiger partial charge in [0.05, 0.1) is 5.56 Å². The topological polar surface area (TPSA) is 27.8 Å². The standard InChI is InChI=1S/C20H19F3N2/c21-20(22,23)16-7-2-1-5-13(16)14-6-3-8-18-19(14)15-10-12-24-11-4-9-17(15)25-18/h1-3,5-8,24-25H,4,9-12H2. The van der Waals surface area contributed by atoms with Gasteiger partial charge < -0.3 is 10.3 Å². The molecule has 130 valence electrons. The summed E-state index contributed by atoms with van der Waals surface area (Å²) in [5, 5.41) is 4.31. The molecule has 0 fully saturated rings. The highest BCUT2D eigenvalue weighted by molar-refractivity contribution is 5.99. The van der Waals surface area contributed by atoms with Crippen molar-refractivity contribution in [2.45, 2.75) is 25.4 Å². The molecule has 1 aliphatic rings. The Bertz CT molecular complexity index is 909. The van der Waals surface area contributed by atoms with Crippen LogP contribution in [0, 0.1) is 0 Å². The SMILES string of the molecule is FC(F)(F)c1ccccc1-c1cccc2[nH]c3c(c12)CCNCCC3. The first-order valence-electron chi connectivity index (χ1n) is 8.55. The lowest BCUT2D eigenvalue weighted by molar-refractivity contribution is -0.137. The number of nitrogens with one attached hydrogen (secondary N) is 2. The number of benzene rings is 2. The summed E-state index contributed by atoms with van der Waals surface area (Å²) in [6.45, 7) is 1.81. The zero-order valence-corrected chi connectivity index (χ0v) is 13.7. The van der Waals surface area contributed by atoms with Crippen LogP contribution in [0.1, 0.15) is 23.2 Å². The van der Waals surface area contributed by atoms with Gasteiger partial charge in [-0.25, -0.2) is 0 Å². The molecule has 4 rings (SSSR count). The number of aromatic amines is 1. The molecule has 25 heavy (non-hydrogen) atoms. The third-order valence-corrected chi connectivity index (χ3v) is 4.87. The summed E-state index contributed by atoms with van der Waals surface area (Å²) in [6, 6.07) is 11.4. The predicted molar refractivity (Wildman–Crippen MR) is 93.6 cm³/mol. The molecule has 5 heteroatoms. The van der Waals surface area contributed by atoms with Gasteiger partial charge in [0.1, 0.15) is 0 Å². The highest BCUT2D eigenvalue weighted by Gasteiger charge is 2.34. The van der Waals surface area contributed by atoms with Crippen LogP contribution >= 0.6 is 0 Å². The molecular weight excluding hydrogens is 325 g/mol. The van der Waals surface area contributed by atoms with E-state index in [1.54, 1.807) is 18.2 Å². The maximum absolute atomic E-state index is 13.5. The summed E-state index contributed by atoms with van der Waals surface area (Å²) in [4.78, 5) is 3.44. The van der Waals surface area contributed by atoms with E-state index < -0.39 is 11.7 Å². The first-order valence-corrected chi connectivity index (χ1v) is 8.55. The van der Waals surface area contributed by atoms with Crippen LogP contribution in [0.25, 0.3) is 22.0 Å². The third kappa shape index (κ3) is 2.93. The minimum absolute atomic E-state index is 0.248. The average Bonchev–Trinajstić information content (AvgIpc) is 2.91. The van der Waals surface area contributed by atoms with Crippen molar-refractivity contribution in [3.8, 4) is 11.1 Å². The molecule has 0 aliphatic carbocycles. The van der Waals surface area contributed by atoms with E-state index in [9.17, 15) is 13.2 Å². The molecule has 0 atom stereocenters. The summed E-state index contributed by atoms with van der Waals surface area (Å²) in [5.74, 6) is 0. The molecule has 2 heterocycles. The second-order valence-electron chi connectivity index (χ2n) is 6.46. The lowest BCUT2D eigenvalue weighted by Gasteiger charge is -2.15. The van der Waals surface area contributed by atoms with Gasteiger partial charge in [0.2, 0.25) is 0 Å². The minimum atomic E-state index is -4.37. The summed E-state index contributed by atoms with van der Waals surface area (Å²) in [5.41, 5.74) is 3.55. The lowest BCUT2D eigenvalue weighted by atomic mass is 9.93. The van der Waals surface area contributed by atoms with Gasteiger partial charge >= 0.3 is 6.18 Å². The maximum atomic E-state index is 13.5. The smallest absolute Gasteiger partial charge is 0.358 e. The van der Waals surface area contributed by atoms with Gasteiger partial charge in [0.15, 0.2) is 0 Å². The van der Waals surface area contributed by atoms with Crippen molar-refractivity contribution in [3.05, 3.63) is 59.3 Å². The van der Waals surface area contributed by atoms with Gasteiger partial charge in [0, 0.05) is 16.6 Å². The first-order chi connectivity index (χ1) is 12.1. The summed E-state index contributed by atoms with van der Waals surface area (Å²) in [6.07, 6.45) is -1.61. The minimum Gasteiger partial charge on any atom is -0.358 e. The molecule has 0 amide bonds. The van der Waals surface area contributed by atoms with Gasteiger partial charge in [-0.05, 0) is 61.2 Å². The molecule has 0 saturated carbocycles. The molecule has 2 aromatic carbocycles. The van der Waals surface area contributed by atoms with Crippen molar-refractivity contribution >= 4 is 10.9 Å². The molecule has 2 N–H and O–H groups in total. The first kappa shape index (κ1) is 16.2. The molecule has 1 aromatic heterocycles. The monoisotopic (exact) mass is 344 g/mol. The van der Waals surface area contributed by atoms with Crippen LogP contribution in [0.15, 0.2) is 42.5 Å². The van der Waals surface area contributed by atoms with Gasteiger partial charge in [-0.2, -0.15) is 13.2 Å². The largest absolute Gasteiger partial charge is 0.417 e. The molecule has 2 nitrogen and oxygen atoms in total. The van der Waals surface area contributed by atoms with Gasteiger partial charge in [0.25, 0.3) is 0 Å². The zero-order valence-electron chi connectivity index (χ0n) is 13.7. The van der Waals surface area contributed by atoms with E-state index in [0.29, 0.717) is 5.56 Å². The number of hydrogen-bond acceptors (Lipinski definition) is 1. The average molecular weight is 344 g/mol. The van der Waals surface area contributed by atoms with E-state index in [0.717, 1.165) is 60.6 Å². The van der Waals surface area contributed by atoms with Gasteiger partial charge in [-0.3, -0.25) is 0 Å². The van der Waals surface area contributed by atoms with Crippen LogP contribution in [0.4, 0.5) is 13.2 Å². The van der Waals surface area contributed by atoms with E-state index in [-0.39, 0.29) is 5.56 Å². The van der Waals surface area contributed by atoms with Crippen molar-refractivity contribution in [2.24, 2.45) is 0 Å². The fourth-order valence-corrected chi connectivity index (χ4v) is 3.78. The van der Waals surface area contributed by atoms with Crippen LogP contribution in [0.5, 0.6) is 0 Å². The summed E-state index contributed by atoms with van der Waals surface area (Å²) < 4.78 is 40.5. The van der Waals surface area contributed by atoms with Crippen molar-refractivity contribution in [1.82, 2.24) is 10.3 Å². The van der Waals surface area contributed by atoms with Crippen molar-refractivity contribution in [2.75, 3.05) is 13.1 Å². The third-order valence-electron chi connectivity index (χ3n) is 4.87. The number of hydrogen-bond donors (Lipinski definition) is 2. The zero-order chi connectivity index (χ0) is 17.4. The fourth-order valence-electron chi connectivity index (χ4n) is 3.78. The normalized spacial score (nSPS) is 15.6. The summed E-state index contributed by atoms with van der Waals surface area (Å²) in [7, 11) is 0. The molecule has 0 radical (unpaired) electrons. The second-order valence-corrected chi connectivity index (χ2v) is 6.46. The Morgan fingerprint density at radius 3 is 2.48 bits per heavy atom. The van der Waals surface area contributed by atoms with Crippen molar-refractivity contribution < 1.29 is 13.2 Å². The number of H-pyrrole nitrogens is 1. The highest BCUT2D eigenvalue weighted by Crippen LogP contribution is 2.41. The Kier molecular flexibility index (Phi) is 4.04. The molecule has 3 aromatic rings. The Morgan fingerprint density at radius 2 is 1.64 bits per heavy atom. The quantitative estimate of drug-likeness (QED) is 0.643. The Morgan fingerprint density at radius 1 is 0.840 bits per heavy atom. The number of fused-ring (bicyclic) bond motifs is 3. The molecule has 0 spiro atoms. The number of rotatable bonds is 1. The lowest BCUT2D eigenvalue weighted by Crippen LogP contribution is -2.21. The van der Waals surface area contributed by atoms with Crippen LogP contribution in [0.2, 0.25) is 0 Å². The van der Waals surface area contributed by atoms with Crippen LogP contribution in [-0.4, -0.2) is 18.1 Å². The maximum Gasteiger partial charge on any atom is 0.417 e. The van der Waals surface area contributed by atoms with E-state index in [4.69, 9.17) is 0 Å². The van der Waals surface area contributed by atoms with Gasteiger partial charge in [-0.1, -0.05) is 30.3 Å². The molecular formula is C20H19F3N2. The van der Waals surface area contributed by atoms with E-state index >= 15 is 0 Å². The predicted octanol–water partition coefficient (Wildman–Crippen LogP) is 4.93. The van der Waals surface area contributed by atoms with Crippen LogP contribution in [0.3, 0.4) is 0 Å². The van der Waals surface area contributed by atoms with Gasteiger partial charge in [-0.15, -0.1) is 0 Å². The van der Waals surface area contributed by atoms with Crippen molar-refractivity contribution in [3.63, 3.8) is 0 Å². The second kappa shape index (κ2) is 6.23. The molecule has 0 bridgehead atoms. The highest BCUT2D eigenvalue weighted by atomic mass is 19.4. The van der Waals surface area contributed by atoms with Crippen LogP contribution < -0.4 is 5.32 Å². The Hall–Kier alpha value is -2.27. The molecule has 1 aliphatic heterocycles. The Labute approximate surface area is 144 Å². The summed E-state index contributed by atoms with van der Waals surface area (Å²) >= 11 is 0. The van der Waals surface area contributed by atoms with E-state index in [1.807, 2.05) is 12.1 Å². The van der Waals surface area contributed by atoms with E-state index in [1.165, 1.54) is 6.07 Å². The van der Waals surface area contributed by atoms with Crippen LogP contribution in [-0.2, 0) is 19.0 Å². The Balaban J connectivity index is 1.98. The van der Waals surface area contributed by atoms with E-state index in [2.05, 4.69) is 10.3 Å².